The van der Waals surface area contributed by atoms with Crippen LogP contribution in [0.5, 0.6) is 5.75 Å². The average molecular weight is 279 g/mol. The zero-order chi connectivity index (χ0) is 14.5. The van der Waals surface area contributed by atoms with Crippen molar-refractivity contribution in [2.45, 2.75) is 12.6 Å². The van der Waals surface area contributed by atoms with Crippen molar-refractivity contribution in [3.05, 3.63) is 65.2 Å². The molecule has 0 amide bonds. The van der Waals surface area contributed by atoms with E-state index in [2.05, 4.69) is 0 Å². The summed E-state index contributed by atoms with van der Waals surface area (Å²) < 4.78 is 31.6. The van der Waals surface area contributed by atoms with Crippen molar-refractivity contribution >= 4 is 0 Å². The van der Waals surface area contributed by atoms with Crippen LogP contribution in [0.4, 0.5) is 8.78 Å². The minimum absolute atomic E-state index is 0.120. The number of aliphatic hydroxyl groups is 1. The third-order valence-corrected chi connectivity index (χ3v) is 2.89. The number of nitrogens with two attached hydrogens (primary N) is 1. The highest BCUT2D eigenvalue weighted by Crippen LogP contribution is 2.20. The molecule has 2 rings (SSSR count). The highest BCUT2D eigenvalue weighted by molar-refractivity contribution is 5.27. The van der Waals surface area contributed by atoms with Gasteiger partial charge in [0.25, 0.3) is 0 Å². The first-order valence-electron chi connectivity index (χ1n) is 6.13. The van der Waals surface area contributed by atoms with Gasteiger partial charge in [-0.15, -0.1) is 0 Å². The lowest BCUT2D eigenvalue weighted by Gasteiger charge is -2.10. The Kier molecular flexibility index (Phi) is 4.65. The Morgan fingerprint density at radius 2 is 1.80 bits per heavy atom. The lowest BCUT2D eigenvalue weighted by atomic mass is 10.1. The Morgan fingerprint density at radius 3 is 2.45 bits per heavy atom. The third kappa shape index (κ3) is 3.53. The second-order valence-electron chi connectivity index (χ2n) is 4.39. The monoisotopic (exact) mass is 279 g/mol. The van der Waals surface area contributed by atoms with Gasteiger partial charge >= 0.3 is 0 Å². The number of hydrogen-bond acceptors (Lipinski definition) is 3. The minimum atomic E-state index is -0.606. The molecular formula is C15H15F2NO2. The molecule has 0 unspecified atom stereocenters. The molecule has 3 nitrogen and oxygen atoms in total. The molecule has 0 saturated carbocycles. The minimum Gasteiger partial charge on any atom is -0.486 e. The first-order valence-corrected chi connectivity index (χ1v) is 6.13. The maximum atomic E-state index is 13.4. The first kappa shape index (κ1) is 14.4. The van der Waals surface area contributed by atoms with Gasteiger partial charge in [-0.25, -0.2) is 8.78 Å². The predicted octanol–water partition coefficient (Wildman–Crippen LogP) is 2.54. The van der Waals surface area contributed by atoms with Crippen molar-refractivity contribution in [3.63, 3.8) is 0 Å². The number of halogens is 2. The van der Waals surface area contributed by atoms with Crippen molar-refractivity contribution in [2.75, 3.05) is 6.61 Å². The van der Waals surface area contributed by atoms with Crippen LogP contribution in [0.2, 0.25) is 0 Å². The van der Waals surface area contributed by atoms with Crippen LogP contribution in [0.3, 0.4) is 0 Å². The quantitative estimate of drug-likeness (QED) is 0.884. The zero-order valence-electron chi connectivity index (χ0n) is 10.7. The number of ether oxygens (including phenoxy) is 1. The van der Waals surface area contributed by atoms with E-state index in [1.165, 1.54) is 0 Å². The van der Waals surface area contributed by atoms with Gasteiger partial charge in [0, 0.05) is 6.07 Å². The predicted molar refractivity (Wildman–Crippen MR) is 71.1 cm³/mol. The summed E-state index contributed by atoms with van der Waals surface area (Å²) >= 11 is 0. The van der Waals surface area contributed by atoms with Crippen LogP contribution in [0.25, 0.3) is 0 Å². The number of rotatable bonds is 5. The van der Waals surface area contributed by atoms with Gasteiger partial charge in [0.2, 0.25) is 0 Å². The fourth-order valence-electron chi connectivity index (χ4n) is 1.72. The number of benzene rings is 2. The summed E-state index contributed by atoms with van der Waals surface area (Å²) in [6.45, 7) is -0.0145. The molecule has 2 aromatic carbocycles. The lowest BCUT2D eigenvalue weighted by Crippen LogP contribution is -2.14. The normalized spacial score (nSPS) is 12.2. The molecule has 0 fully saturated rings. The van der Waals surface area contributed by atoms with Crippen molar-refractivity contribution in [1.29, 1.82) is 0 Å². The molecule has 2 aromatic rings. The van der Waals surface area contributed by atoms with Gasteiger partial charge in [-0.3, -0.25) is 0 Å². The molecule has 0 radical (unpaired) electrons. The molecule has 3 N–H and O–H groups in total. The summed E-state index contributed by atoms with van der Waals surface area (Å²) in [6, 6.07) is 9.70. The summed E-state index contributed by atoms with van der Waals surface area (Å²) in [4.78, 5) is 0. The molecule has 0 bridgehead atoms. The fourth-order valence-corrected chi connectivity index (χ4v) is 1.72. The highest BCUT2D eigenvalue weighted by atomic mass is 19.1. The molecule has 0 aliphatic carbocycles. The first-order chi connectivity index (χ1) is 9.60. The number of hydrogen-bond donors (Lipinski definition) is 2. The van der Waals surface area contributed by atoms with Crippen LogP contribution >= 0.6 is 0 Å². The Morgan fingerprint density at radius 1 is 1.10 bits per heavy atom. The lowest BCUT2D eigenvalue weighted by molar-refractivity contribution is 0.268. The molecule has 5 heteroatoms. The molecule has 0 saturated heterocycles. The van der Waals surface area contributed by atoms with Crippen molar-refractivity contribution in [3.8, 4) is 5.75 Å². The van der Waals surface area contributed by atoms with Gasteiger partial charge in [0.1, 0.15) is 12.4 Å². The third-order valence-electron chi connectivity index (χ3n) is 2.89. The topological polar surface area (TPSA) is 55.5 Å². The second-order valence-corrected chi connectivity index (χ2v) is 4.39. The summed E-state index contributed by atoms with van der Waals surface area (Å²) in [5.41, 5.74) is 7.27. The van der Waals surface area contributed by atoms with E-state index in [0.29, 0.717) is 0 Å². The standard InChI is InChI=1S/C15H15F2NO2/c16-12-5-6-13(17)15(7-12)20-9-10-1-3-11(4-2-10)14(18)8-19/h1-7,14,19H,8-9,18H2/t14-/m1/s1. The van der Waals surface area contributed by atoms with E-state index >= 15 is 0 Å². The van der Waals surface area contributed by atoms with Gasteiger partial charge in [-0.2, -0.15) is 0 Å². The van der Waals surface area contributed by atoms with Crippen LogP contribution in [0.1, 0.15) is 17.2 Å². The van der Waals surface area contributed by atoms with Crippen molar-refractivity contribution in [2.24, 2.45) is 5.73 Å². The van der Waals surface area contributed by atoms with E-state index in [-0.39, 0.29) is 19.0 Å². The van der Waals surface area contributed by atoms with Gasteiger partial charge in [0.05, 0.1) is 12.6 Å². The van der Waals surface area contributed by atoms with E-state index in [0.717, 1.165) is 29.3 Å². The van der Waals surface area contributed by atoms with Crippen LogP contribution in [-0.2, 0) is 6.61 Å². The van der Waals surface area contributed by atoms with Gasteiger partial charge in [-0.05, 0) is 23.3 Å². The molecular weight excluding hydrogens is 264 g/mol. The SMILES string of the molecule is N[C@H](CO)c1ccc(COc2cc(F)ccc2F)cc1. The summed E-state index contributed by atoms with van der Waals surface area (Å²) in [5.74, 6) is -1.28. The van der Waals surface area contributed by atoms with E-state index in [9.17, 15) is 8.78 Å². The molecule has 0 aromatic heterocycles. The fraction of sp³-hybridized carbons (Fsp3) is 0.200. The summed E-state index contributed by atoms with van der Waals surface area (Å²) in [6.07, 6.45) is 0. The van der Waals surface area contributed by atoms with Crippen molar-refractivity contribution in [1.82, 2.24) is 0 Å². The molecule has 0 aliphatic rings. The number of aliphatic hydroxyl groups excluding tert-OH is 1. The van der Waals surface area contributed by atoms with Crippen LogP contribution < -0.4 is 10.5 Å². The molecule has 106 valence electrons. The van der Waals surface area contributed by atoms with Gasteiger partial charge in [0.15, 0.2) is 11.6 Å². The second kappa shape index (κ2) is 6.45. The highest BCUT2D eigenvalue weighted by Gasteiger charge is 2.07. The largest absolute Gasteiger partial charge is 0.486 e. The maximum absolute atomic E-state index is 13.4. The van der Waals surface area contributed by atoms with Crippen molar-refractivity contribution < 1.29 is 18.6 Å². The van der Waals surface area contributed by atoms with E-state index in [4.69, 9.17) is 15.6 Å². The Hall–Kier alpha value is -1.98. The molecule has 20 heavy (non-hydrogen) atoms. The smallest absolute Gasteiger partial charge is 0.165 e. The molecule has 0 spiro atoms. The summed E-state index contributed by atoms with van der Waals surface area (Å²) in [5, 5.41) is 8.94. The van der Waals surface area contributed by atoms with Crippen LogP contribution in [0.15, 0.2) is 42.5 Å². The Balaban J connectivity index is 2.02. The van der Waals surface area contributed by atoms with Gasteiger partial charge < -0.3 is 15.6 Å². The van der Waals surface area contributed by atoms with Crippen LogP contribution in [0, 0.1) is 11.6 Å². The van der Waals surface area contributed by atoms with E-state index < -0.39 is 17.7 Å². The molecule has 0 heterocycles. The Bertz CT molecular complexity index is 573. The maximum Gasteiger partial charge on any atom is 0.165 e. The van der Waals surface area contributed by atoms with Gasteiger partial charge in [-0.1, -0.05) is 24.3 Å². The Labute approximate surface area is 115 Å². The van der Waals surface area contributed by atoms with Crippen LogP contribution in [-0.4, -0.2) is 11.7 Å². The summed E-state index contributed by atoms with van der Waals surface area (Å²) in [7, 11) is 0. The average Bonchev–Trinajstić information content (AvgIpc) is 2.48. The molecule has 1 atom stereocenters. The molecule has 0 aliphatic heterocycles. The van der Waals surface area contributed by atoms with E-state index in [1.807, 2.05) is 0 Å². The zero-order valence-corrected chi connectivity index (χ0v) is 10.7. The van der Waals surface area contributed by atoms with E-state index in [1.54, 1.807) is 24.3 Å².